The van der Waals surface area contributed by atoms with E-state index in [2.05, 4.69) is 36.9 Å². The zero-order valence-corrected chi connectivity index (χ0v) is 11.1. The standard InChI is InChI=1S/C15H24N2/c1-3-4-5-9-17-11-14-12(2)7-6-8-13(14)15(17)10-16/h6-8,15H,3-5,9-11,16H2,1-2H3. The normalized spacial score (nSPS) is 19.6. The minimum atomic E-state index is 0.446. The molecule has 0 fully saturated rings. The summed E-state index contributed by atoms with van der Waals surface area (Å²) in [7, 11) is 0. The van der Waals surface area contributed by atoms with Crippen molar-refractivity contribution in [3.8, 4) is 0 Å². The van der Waals surface area contributed by atoms with Gasteiger partial charge in [-0.25, -0.2) is 0 Å². The number of aryl methyl sites for hydroxylation is 1. The smallest absolute Gasteiger partial charge is 0.0477 e. The van der Waals surface area contributed by atoms with Crippen LogP contribution in [0.4, 0.5) is 0 Å². The van der Waals surface area contributed by atoms with E-state index < -0.39 is 0 Å². The summed E-state index contributed by atoms with van der Waals surface area (Å²) in [6.07, 6.45) is 3.90. The lowest BCUT2D eigenvalue weighted by atomic mass is 10.0. The molecule has 2 rings (SSSR count). The van der Waals surface area contributed by atoms with Crippen LogP contribution in [0.2, 0.25) is 0 Å². The second-order valence-electron chi connectivity index (χ2n) is 5.07. The molecule has 0 amide bonds. The number of nitrogens with zero attached hydrogens (tertiary/aromatic N) is 1. The molecule has 0 bridgehead atoms. The third kappa shape index (κ3) is 2.53. The highest BCUT2D eigenvalue weighted by Gasteiger charge is 2.29. The molecule has 1 aromatic rings. The van der Waals surface area contributed by atoms with E-state index in [1.165, 1.54) is 42.5 Å². The molecule has 0 saturated heterocycles. The third-order valence-electron chi connectivity index (χ3n) is 3.88. The van der Waals surface area contributed by atoms with Gasteiger partial charge < -0.3 is 5.73 Å². The van der Waals surface area contributed by atoms with Crippen LogP contribution in [0, 0.1) is 6.92 Å². The first-order valence-corrected chi connectivity index (χ1v) is 6.80. The Bertz CT molecular complexity index is 373. The van der Waals surface area contributed by atoms with Crippen molar-refractivity contribution in [2.75, 3.05) is 13.1 Å². The molecule has 0 spiro atoms. The highest BCUT2D eigenvalue weighted by Crippen LogP contribution is 2.34. The molecule has 1 aliphatic rings. The summed E-state index contributed by atoms with van der Waals surface area (Å²) in [6, 6.07) is 7.07. The maximum Gasteiger partial charge on any atom is 0.0477 e. The summed E-state index contributed by atoms with van der Waals surface area (Å²) < 4.78 is 0. The van der Waals surface area contributed by atoms with Crippen LogP contribution in [-0.4, -0.2) is 18.0 Å². The van der Waals surface area contributed by atoms with Gasteiger partial charge in [0, 0.05) is 19.1 Å². The fourth-order valence-corrected chi connectivity index (χ4v) is 2.84. The summed E-state index contributed by atoms with van der Waals surface area (Å²) in [5, 5.41) is 0. The Morgan fingerprint density at radius 3 is 2.88 bits per heavy atom. The summed E-state index contributed by atoms with van der Waals surface area (Å²) >= 11 is 0. The monoisotopic (exact) mass is 232 g/mol. The molecule has 0 aromatic heterocycles. The molecule has 2 heteroatoms. The highest BCUT2D eigenvalue weighted by molar-refractivity contribution is 5.40. The predicted molar refractivity (Wildman–Crippen MR) is 72.9 cm³/mol. The SMILES string of the molecule is CCCCCN1Cc2c(C)cccc2C1CN. The lowest BCUT2D eigenvalue weighted by Crippen LogP contribution is -2.28. The number of hydrogen-bond acceptors (Lipinski definition) is 2. The molecule has 1 aromatic carbocycles. The Morgan fingerprint density at radius 1 is 1.35 bits per heavy atom. The van der Waals surface area contributed by atoms with Crippen LogP contribution in [0.5, 0.6) is 0 Å². The molecule has 17 heavy (non-hydrogen) atoms. The average molecular weight is 232 g/mol. The van der Waals surface area contributed by atoms with Crippen molar-refractivity contribution >= 4 is 0 Å². The summed E-state index contributed by atoms with van der Waals surface area (Å²) in [6.45, 7) is 7.48. The number of nitrogens with two attached hydrogens (primary N) is 1. The first-order valence-electron chi connectivity index (χ1n) is 6.80. The lowest BCUT2D eigenvalue weighted by Gasteiger charge is -2.23. The van der Waals surface area contributed by atoms with Crippen LogP contribution in [-0.2, 0) is 6.54 Å². The van der Waals surface area contributed by atoms with Crippen LogP contribution in [0.3, 0.4) is 0 Å². The van der Waals surface area contributed by atoms with E-state index >= 15 is 0 Å². The molecule has 1 atom stereocenters. The minimum Gasteiger partial charge on any atom is -0.329 e. The number of benzene rings is 1. The summed E-state index contributed by atoms with van der Waals surface area (Å²) in [5.74, 6) is 0. The minimum absolute atomic E-state index is 0.446. The molecule has 2 N–H and O–H groups in total. The second-order valence-corrected chi connectivity index (χ2v) is 5.07. The maximum atomic E-state index is 5.95. The van der Waals surface area contributed by atoms with E-state index in [1.54, 1.807) is 0 Å². The van der Waals surface area contributed by atoms with Gasteiger partial charge in [-0.1, -0.05) is 38.0 Å². The van der Waals surface area contributed by atoms with Gasteiger partial charge in [-0.3, -0.25) is 4.90 Å². The van der Waals surface area contributed by atoms with Crippen LogP contribution >= 0.6 is 0 Å². The Hall–Kier alpha value is -0.860. The Kier molecular flexibility index (Phi) is 4.19. The van der Waals surface area contributed by atoms with Crippen LogP contribution in [0.25, 0.3) is 0 Å². The van der Waals surface area contributed by atoms with Gasteiger partial charge in [0.2, 0.25) is 0 Å². The summed E-state index contributed by atoms with van der Waals surface area (Å²) in [4.78, 5) is 2.55. The van der Waals surface area contributed by atoms with E-state index in [9.17, 15) is 0 Å². The van der Waals surface area contributed by atoms with Gasteiger partial charge in [0.25, 0.3) is 0 Å². The van der Waals surface area contributed by atoms with Crippen molar-refractivity contribution in [2.24, 2.45) is 5.73 Å². The maximum absolute atomic E-state index is 5.95. The van der Waals surface area contributed by atoms with Gasteiger partial charge in [-0.2, -0.15) is 0 Å². The lowest BCUT2D eigenvalue weighted by molar-refractivity contribution is 0.215. The largest absolute Gasteiger partial charge is 0.329 e. The van der Waals surface area contributed by atoms with Crippen LogP contribution in [0.15, 0.2) is 18.2 Å². The molecule has 1 aliphatic heterocycles. The fourth-order valence-electron chi connectivity index (χ4n) is 2.84. The van der Waals surface area contributed by atoms with E-state index in [4.69, 9.17) is 5.73 Å². The van der Waals surface area contributed by atoms with Gasteiger partial charge in [-0.15, -0.1) is 0 Å². The number of fused-ring (bicyclic) bond motifs is 1. The molecule has 1 unspecified atom stereocenters. The Labute approximate surface area is 105 Å². The summed E-state index contributed by atoms with van der Waals surface area (Å²) in [5.41, 5.74) is 10.3. The second kappa shape index (κ2) is 5.65. The van der Waals surface area contributed by atoms with Crippen molar-refractivity contribution in [3.63, 3.8) is 0 Å². The number of hydrogen-bond donors (Lipinski definition) is 1. The van der Waals surface area contributed by atoms with Crippen molar-refractivity contribution in [3.05, 3.63) is 34.9 Å². The molecule has 94 valence electrons. The molecular formula is C15H24N2. The van der Waals surface area contributed by atoms with Crippen molar-refractivity contribution in [1.82, 2.24) is 4.90 Å². The molecule has 2 nitrogen and oxygen atoms in total. The topological polar surface area (TPSA) is 29.3 Å². The van der Waals surface area contributed by atoms with E-state index in [-0.39, 0.29) is 0 Å². The van der Waals surface area contributed by atoms with E-state index in [1.807, 2.05) is 0 Å². The number of rotatable bonds is 5. The molecule has 0 radical (unpaired) electrons. The first-order chi connectivity index (χ1) is 8.27. The van der Waals surface area contributed by atoms with Gasteiger partial charge in [0.1, 0.15) is 0 Å². The zero-order chi connectivity index (χ0) is 12.3. The van der Waals surface area contributed by atoms with Crippen molar-refractivity contribution in [1.29, 1.82) is 0 Å². The van der Waals surface area contributed by atoms with Crippen molar-refractivity contribution in [2.45, 2.75) is 45.7 Å². The van der Waals surface area contributed by atoms with E-state index in [0.717, 1.165) is 13.1 Å². The quantitative estimate of drug-likeness (QED) is 0.791. The van der Waals surface area contributed by atoms with Gasteiger partial charge >= 0.3 is 0 Å². The van der Waals surface area contributed by atoms with E-state index in [0.29, 0.717) is 6.04 Å². The molecule has 0 aliphatic carbocycles. The van der Waals surface area contributed by atoms with Crippen molar-refractivity contribution < 1.29 is 0 Å². The van der Waals surface area contributed by atoms with Gasteiger partial charge in [0.15, 0.2) is 0 Å². The Morgan fingerprint density at radius 2 is 2.18 bits per heavy atom. The zero-order valence-electron chi connectivity index (χ0n) is 11.1. The third-order valence-corrected chi connectivity index (χ3v) is 3.88. The predicted octanol–water partition coefficient (Wildman–Crippen LogP) is 3.00. The molecule has 0 saturated carbocycles. The molecular weight excluding hydrogens is 208 g/mol. The molecule has 1 heterocycles. The van der Waals surface area contributed by atoms with Crippen LogP contribution in [0.1, 0.15) is 48.9 Å². The van der Waals surface area contributed by atoms with Gasteiger partial charge in [0.05, 0.1) is 0 Å². The number of unbranched alkanes of at least 4 members (excludes halogenated alkanes) is 2. The van der Waals surface area contributed by atoms with Crippen LogP contribution < -0.4 is 5.73 Å². The Balaban J connectivity index is 2.11. The fraction of sp³-hybridized carbons (Fsp3) is 0.600. The highest BCUT2D eigenvalue weighted by atomic mass is 15.2. The van der Waals surface area contributed by atoms with Gasteiger partial charge in [-0.05, 0) is 36.6 Å². The average Bonchev–Trinajstić information content (AvgIpc) is 2.69. The first kappa shape index (κ1) is 12.6.